The molecule has 14 heavy (non-hydrogen) atoms. The van der Waals surface area contributed by atoms with E-state index in [4.69, 9.17) is 0 Å². The Balaban J connectivity index is 0.000000461. The van der Waals surface area contributed by atoms with Crippen LogP contribution in [0, 0.1) is 5.92 Å². The van der Waals surface area contributed by atoms with Gasteiger partial charge >= 0.3 is 0 Å². The molecule has 1 unspecified atom stereocenters. The van der Waals surface area contributed by atoms with E-state index >= 15 is 0 Å². The van der Waals surface area contributed by atoms with Gasteiger partial charge in [-0.1, -0.05) is 20.8 Å². The Bertz CT molecular complexity index is 170. The van der Waals surface area contributed by atoms with Crippen molar-refractivity contribution in [3.63, 3.8) is 0 Å². The van der Waals surface area contributed by atoms with Gasteiger partial charge in [0.15, 0.2) is 0 Å². The normalized spacial score (nSPS) is 30.0. The number of likely N-dealkylation sites (tertiary alicyclic amines) is 1. The van der Waals surface area contributed by atoms with Crippen molar-refractivity contribution < 1.29 is 0 Å². The first-order valence-corrected chi connectivity index (χ1v) is 6.41. The van der Waals surface area contributed by atoms with Crippen LogP contribution >= 0.6 is 0 Å². The molecule has 0 amide bonds. The molecule has 0 aromatic heterocycles. The van der Waals surface area contributed by atoms with Crippen LogP contribution in [0.4, 0.5) is 0 Å². The zero-order valence-electron chi connectivity index (χ0n) is 10.6. The van der Waals surface area contributed by atoms with Gasteiger partial charge in [-0.25, -0.2) is 0 Å². The van der Waals surface area contributed by atoms with Gasteiger partial charge in [-0.3, -0.25) is 4.90 Å². The largest absolute Gasteiger partial charge is 0.295 e. The van der Waals surface area contributed by atoms with Gasteiger partial charge < -0.3 is 0 Å². The summed E-state index contributed by atoms with van der Waals surface area (Å²) < 4.78 is 0. The first-order valence-electron chi connectivity index (χ1n) is 6.41. The van der Waals surface area contributed by atoms with Crippen LogP contribution in [0.1, 0.15) is 60.3 Å². The van der Waals surface area contributed by atoms with Crippen molar-refractivity contribution >= 4 is 0 Å². The lowest BCUT2D eigenvalue weighted by molar-refractivity contribution is 0.0693. The molecule has 1 saturated heterocycles. The molecule has 1 aliphatic carbocycles. The summed E-state index contributed by atoms with van der Waals surface area (Å²) in [4.78, 5) is 2.74. The monoisotopic (exact) mass is 197 g/mol. The number of nitrogens with zero attached hydrogens (tertiary/aromatic N) is 1. The summed E-state index contributed by atoms with van der Waals surface area (Å²) in [5.74, 6) is 0.975. The number of hydrogen-bond donors (Lipinski definition) is 0. The molecule has 2 rings (SSSR count). The first kappa shape index (κ1) is 12.0. The lowest BCUT2D eigenvalue weighted by atomic mass is 9.89. The summed E-state index contributed by atoms with van der Waals surface area (Å²) >= 11 is 0. The summed E-state index contributed by atoms with van der Waals surface area (Å²) in [6, 6.07) is 0.764. The molecular formula is C13H27N. The summed E-state index contributed by atoms with van der Waals surface area (Å²) in [5, 5.41) is 0. The lowest BCUT2D eigenvalue weighted by Crippen LogP contribution is -2.47. The molecule has 0 aromatic rings. The van der Waals surface area contributed by atoms with E-state index in [1.54, 1.807) is 0 Å². The third-order valence-corrected chi connectivity index (χ3v) is 3.65. The molecule has 1 heteroatoms. The second kappa shape index (κ2) is 4.65. The fourth-order valence-electron chi connectivity index (χ4n) is 2.91. The van der Waals surface area contributed by atoms with Crippen molar-refractivity contribution in [3.8, 4) is 0 Å². The smallest absolute Gasteiger partial charge is 0.0216 e. The van der Waals surface area contributed by atoms with Crippen LogP contribution in [0.25, 0.3) is 0 Å². The fraction of sp³-hybridized carbons (Fsp3) is 1.00. The third-order valence-electron chi connectivity index (χ3n) is 3.65. The summed E-state index contributed by atoms with van der Waals surface area (Å²) in [6.07, 6.45) is 5.82. The minimum absolute atomic E-state index is 0.672. The molecule has 1 atom stereocenters. The molecule has 1 aliphatic heterocycles. The lowest BCUT2D eigenvalue weighted by Gasteiger charge is -2.41. The zero-order valence-corrected chi connectivity index (χ0v) is 10.6. The molecule has 0 radical (unpaired) electrons. The standard InChI is InChI=1S/C11H21N.C2H6/c1-9(2)12-7-4-10(3)8-11(12)5-6-11;1-2/h9-10H,4-8H2,1-3H3;1-2H3. The van der Waals surface area contributed by atoms with Gasteiger partial charge in [0, 0.05) is 11.6 Å². The van der Waals surface area contributed by atoms with Crippen molar-refractivity contribution in [2.45, 2.75) is 71.9 Å². The predicted molar refractivity (Wildman–Crippen MR) is 63.6 cm³/mol. The van der Waals surface area contributed by atoms with Crippen molar-refractivity contribution in [3.05, 3.63) is 0 Å². The SMILES string of the molecule is CC.CC1CCN(C(C)C)C2(CC2)C1. The van der Waals surface area contributed by atoms with Crippen LogP contribution in [0.5, 0.6) is 0 Å². The molecule has 1 saturated carbocycles. The summed E-state index contributed by atoms with van der Waals surface area (Å²) in [7, 11) is 0. The van der Waals surface area contributed by atoms with Crippen LogP contribution < -0.4 is 0 Å². The molecule has 1 spiro atoms. The van der Waals surface area contributed by atoms with E-state index in [1.807, 2.05) is 13.8 Å². The number of piperidine rings is 1. The summed E-state index contributed by atoms with van der Waals surface area (Å²) in [6.45, 7) is 12.4. The van der Waals surface area contributed by atoms with Gasteiger partial charge in [0.05, 0.1) is 0 Å². The Kier molecular flexibility index (Phi) is 4.00. The zero-order chi connectivity index (χ0) is 10.8. The van der Waals surface area contributed by atoms with Crippen molar-refractivity contribution in [1.82, 2.24) is 4.90 Å². The van der Waals surface area contributed by atoms with Gasteiger partial charge in [-0.15, -0.1) is 0 Å². The van der Waals surface area contributed by atoms with E-state index in [0.29, 0.717) is 5.54 Å². The van der Waals surface area contributed by atoms with E-state index in [-0.39, 0.29) is 0 Å². The van der Waals surface area contributed by atoms with Gasteiger partial charge in [0.2, 0.25) is 0 Å². The minimum Gasteiger partial charge on any atom is -0.295 e. The van der Waals surface area contributed by atoms with Crippen LogP contribution in [0.3, 0.4) is 0 Å². The summed E-state index contributed by atoms with van der Waals surface area (Å²) in [5.41, 5.74) is 0.672. The Labute approximate surface area is 89.9 Å². The first-order chi connectivity index (χ1) is 6.64. The number of hydrogen-bond acceptors (Lipinski definition) is 1. The highest BCUT2D eigenvalue weighted by Gasteiger charge is 2.50. The minimum atomic E-state index is 0.672. The highest BCUT2D eigenvalue weighted by atomic mass is 15.3. The van der Waals surface area contributed by atoms with Gasteiger partial charge in [0.25, 0.3) is 0 Å². The quantitative estimate of drug-likeness (QED) is 0.620. The molecule has 2 fully saturated rings. The van der Waals surface area contributed by atoms with E-state index in [0.717, 1.165) is 12.0 Å². The van der Waals surface area contributed by atoms with Crippen LogP contribution in [-0.2, 0) is 0 Å². The molecular weight excluding hydrogens is 170 g/mol. The van der Waals surface area contributed by atoms with Crippen LogP contribution in [0.15, 0.2) is 0 Å². The fourth-order valence-corrected chi connectivity index (χ4v) is 2.91. The maximum absolute atomic E-state index is 2.74. The second-order valence-corrected chi connectivity index (χ2v) is 5.11. The maximum atomic E-state index is 2.74. The highest BCUT2D eigenvalue weighted by Crippen LogP contribution is 2.50. The Morgan fingerprint density at radius 3 is 2.21 bits per heavy atom. The Morgan fingerprint density at radius 1 is 1.21 bits per heavy atom. The predicted octanol–water partition coefficient (Wildman–Crippen LogP) is 3.69. The maximum Gasteiger partial charge on any atom is 0.0216 e. The molecule has 1 heterocycles. The molecule has 0 N–H and O–H groups in total. The van der Waals surface area contributed by atoms with Crippen LogP contribution in [0.2, 0.25) is 0 Å². The van der Waals surface area contributed by atoms with Crippen molar-refractivity contribution in [1.29, 1.82) is 0 Å². The van der Waals surface area contributed by atoms with Crippen molar-refractivity contribution in [2.75, 3.05) is 6.54 Å². The van der Waals surface area contributed by atoms with Gasteiger partial charge in [-0.2, -0.15) is 0 Å². The van der Waals surface area contributed by atoms with E-state index in [2.05, 4.69) is 25.7 Å². The van der Waals surface area contributed by atoms with Crippen molar-refractivity contribution in [2.24, 2.45) is 5.92 Å². The molecule has 84 valence electrons. The molecule has 1 nitrogen and oxygen atoms in total. The van der Waals surface area contributed by atoms with Gasteiger partial charge in [-0.05, 0) is 52.0 Å². The highest BCUT2D eigenvalue weighted by molar-refractivity contribution is 5.07. The topological polar surface area (TPSA) is 3.24 Å². The Morgan fingerprint density at radius 2 is 1.79 bits per heavy atom. The molecule has 0 aromatic carbocycles. The van der Waals surface area contributed by atoms with E-state index in [1.165, 1.54) is 32.2 Å². The van der Waals surface area contributed by atoms with E-state index in [9.17, 15) is 0 Å². The average molecular weight is 197 g/mol. The average Bonchev–Trinajstić information content (AvgIpc) is 2.88. The van der Waals surface area contributed by atoms with Crippen LogP contribution in [-0.4, -0.2) is 23.0 Å². The third kappa shape index (κ3) is 2.31. The molecule has 2 aliphatic rings. The number of rotatable bonds is 1. The molecule has 0 bridgehead atoms. The second-order valence-electron chi connectivity index (χ2n) is 5.11. The Hall–Kier alpha value is -0.0400. The van der Waals surface area contributed by atoms with E-state index < -0.39 is 0 Å². The van der Waals surface area contributed by atoms with Gasteiger partial charge in [0.1, 0.15) is 0 Å².